The van der Waals surface area contributed by atoms with Gasteiger partial charge in [0.2, 0.25) is 0 Å². The van der Waals surface area contributed by atoms with Crippen molar-refractivity contribution >= 4 is 0 Å². The summed E-state index contributed by atoms with van der Waals surface area (Å²) in [5.41, 5.74) is 21.0. The van der Waals surface area contributed by atoms with Crippen LogP contribution in [0, 0.1) is 5.82 Å². The van der Waals surface area contributed by atoms with Crippen LogP contribution in [0.5, 0.6) is 0 Å². The van der Waals surface area contributed by atoms with Gasteiger partial charge in [-0.15, -0.1) is 0 Å². The zero-order chi connectivity index (χ0) is 46.4. The lowest BCUT2D eigenvalue weighted by atomic mass is 9.85. The summed E-state index contributed by atoms with van der Waals surface area (Å²) in [6.07, 6.45) is 7.09. The normalized spacial score (nSPS) is 11.1. The molecular weight excluding hydrogens is 842 g/mol. The van der Waals surface area contributed by atoms with Gasteiger partial charge >= 0.3 is 0 Å². The number of hydrogen-bond acceptors (Lipinski definition) is 3. The van der Waals surface area contributed by atoms with Gasteiger partial charge in [0.25, 0.3) is 0 Å². The lowest BCUT2D eigenvalue weighted by Crippen LogP contribution is -1.96. The quantitative estimate of drug-likeness (QED) is 0.123. The molecule has 4 heteroatoms. The molecule has 0 radical (unpaired) electrons. The molecule has 3 heterocycles. The molecule has 8 aromatic carbocycles. The van der Waals surface area contributed by atoms with Crippen LogP contribution in [-0.4, -0.2) is 15.0 Å². The number of nitrogens with zero attached hydrogens (tertiary/aromatic N) is 3. The van der Waals surface area contributed by atoms with Crippen LogP contribution < -0.4 is 0 Å². The Labute approximate surface area is 403 Å². The average Bonchev–Trinajstić information content (AvgIpc) is 3.43. The van der Waals surface area contributed by atoms with Crippen molar-refractivity contribution < 1.29 is 4.39 Å². The van der Waals surface area contributed by atoms with Crippen LogP contribution in [0.3, 0.4) is 0 Å². The van der Waals surface area contributed by atoms with E-state index in [1.165, 1.54) is 11.1 Å². The van der Waals surface area contributed by atoms with Crippen molar-refractivity contribution in [3.8, 4) is 101 Å². The molecule has 3 nitrogen and oxygen atoms in total. The highest BCUT2D eigenvalue weighted by molar-refractivity contribution is 5.95. The minimum absolute atomic E-state index is 0.282. The summed E-state index contributed by atoms with van der Waals surface area (Å²) in [5.74, 6) is -0.282. The molecule has 0 unspecified atom stereocenters. The van der Waals surface area contributed by atoms with Crippen LogP contribution in [0.1, 0.15) is 11.1 Å². The molecule has 0 atom stereocenters. The first-order chi connectivity index (χ1) is 34.1. The predicted molar refractivity (Wildman–Crippen MR) is 283 cm³/mol. The molecule has 11 aromatic rings. The van der Waals surface area contributed by atoms with E-state index in [2.05, 4.69) is 174 Å². The Bertz CT molecular complexity index is 3500. The summed E-state index contributed by atoms with van der Waals surface area (Å²) in [7, 11) is 0. The lowest BCUT2D eigenvalue weighted by molar-refractivity contribution is 0.628. The second-order valence-corrected chi connectivity index (χ2v) is 17.3. The Balaban J connectivity index is 1.03. The highest BCUT2D eigenvalue weighted by atomic mass is 19.1. The molecule has 3 aromatic heterocycles. The van der Waals surface area contributed by atoms with Gasteiger partial charge in [-0.1, -0.05) is 176 Å². The molecule has 0 amide bonds. The molecule has 0 saturated carbocycles. The highest BCUT2D eigenvalue weighted by Crippen LogP contribution is 2.43. The molecule has 11 rings (SSSR count). The van der Waals surface area contributed by atoms with Crippen molar-refractivity contribution in [2.75, 3.05) is 0 Å². The van der Waals surface area contributed by atoms with Gasteiger partial charge in [-0.25, -0.2) is 4.39 Å². The fourth-order valence-electron chi connectivity index (χ4n) is 9.33. The maximum absolute atomic E-state index is 15.6. The fourth-order valence-corrected chi connectivity index (χ4v) is 9.33. The monoisotopic (exact) mass is 887 g/mol. The van der Waals surface area contributed by atoms with Crippen molar-refractivity contribution in [2.45, 2.75) is 12.8 Å². The third-order valence-electron chi connectivity index (χ3n) is 12.9. The molecule has 0 fully saturated rings. The minimum atomic E-state index is -0.282. The topological polar surface area (TPSA) is 38.7 Å². The van der Waals surface area contributed by atoms with E-state index in [0.717, 1.165) is 113 Å². The Kier molecular flexibility index (Phi) is 12.1. The highest BCUT2D eigenvalue weighted by Gasteiger charge is 2.18. The smallest absolute Gasteiger partial charge is 0.123 e. The van der Waals surface area contributed by atoms with E-state index in [4.69, 9.17) is 4.98 Å². The van der Waals surface area contributed by atoms with E-state index in [1.807, 2.05) is 79.3 Å². The Morgan fingerprint density at radius 2 is 0.667 bits per heavy atom. The molecule has 0 aliphatic rings. The van der Waals surface area contributed by atoms with Gasteiger partial charge in [0.1, 0.15) is 5.82 Å². The minimum Gasteiger partial charge on any atom is -0.256 e. The SMILES string of the molecule is Fc1ccc(-c2ccc(-c3ccccn3)cc2)c(-c2cc(CCc3ccc(-c4ccccn4)cc3)cc(-c3ccccc3-c3ccc(-c4ccccn4)cc3-c3ccc(-c4ccccc4)cc3)c2)c1. The molecule has 0 aliphatic carbocycles. The number of aromatic nitrogens is 3. The van der Waals surface area contributed by atoms with E-state index in [0.29, 0.717) is 0 Å². The van der Waals surface area contributed by atoms with Crippen molar-refractivity contribution in [3.05, 3.63) is 272 Å². The van der Waals surface area contributed by atoms with Crippen LogP contribution in [0.2, 0.25) is 0 Å². The Morgan fingerprint density at radius 1 is 0.246 bits per heavy atom. The first kappa shape index (κ1) is 42.8. The maximum atomic E-state index is 15.6. The summed E-state index contributed by atoms with van der Waals surface area (Å²) in [4.78, 5) is 13.8. The molecule has 328 valence electrons. The number of halogens is 1. The number of aryl methyl sites for hydroxylation is 2. The lowest BCUT2D eigenvalue weighted by Gasteiger charge is -2.19. The van der Waals surface area contributed by atoms with Crippen LogP contribution >= 0.6 is 0 Å². The van der Waals surface area contributed by atoms with Gasteiger partial charge < -0.3 is 0 Å². The Hall–Kier alpha value is -8.86. The molecule has 0 saturated heterocycles. The number of pyridine rings is 3. The first-order valence-corrected chi connectivity index (χ1v) is 23.4. The van der Waals surface area contributed by atoms with Crippen LogP contribution in [0.4, 0.5) is 4.39 Å². The molecule has 69 heavy (non-hydrogen) atoms. The number of hydrogen-bond donors (Lipinski definition) is 0. The van der Waals surface area contributed by atoms with E-state index in [1.54, 1.807) is 12.1 Å². The summed E-state index contributed by atoms with van der Waals surface area (Å²) in [6.45, 7) is 0. The van der Waals surface area contributed by atoms with Gasteiger partial charge in [0.15, 0.2) is 0 Å². The molecule has 0 aliphatic heterocycles. The van der Waals surface area contributed by atoms with Crippen molar-refractivity contribution in [3.63, 3.8) is 0 Å². The van der Waals surface area contributed by atoms with Gasteiger partial charge in [-0.05, 0) is 151 Å². The maximum Gasteiger partial charge on any atom is 0.123 e. The van der Waals surface area contributed by atoms with Crippen molar-refractivity contribution in [1.29, 1.82) is 0 Å². The largest absolute Gasteiger partial charge is 0.256 e. The van der Waals surface area contributed by atoms with Crippen LogP contribution in [-0.2, 0) is 12.8 Å². The summed E-state index contributed by atoms with van der Waals surface area (Å²) >= 11 is 0. The molecular formula is C65H46FN3. The van der Waals surface area contributed by atoms with Crippen LogP contribution in [0.15, 0.2) is 255 Å². The number of rotatable bonds is 12. The molecule has 0 bridgehead atoms. The van der Waals surface area contributed by atoms with E-state index < -0.39 is 0 Å². The van der Waals surface area contributed by atoms with Crippen molar-refractivity contribution in [1.82, 2.24) is 15.0 Å². The van der Waals surface area contributed by atoms with E-state index in [-0.39, 0.29) is 5.82 Å². The van der Waals surface area contributed by atoms with E-state index in [9.17, 15) is 0 Å². The zero-order valence-corrected chi connectivity index (χ0v) is 37.9. The molecule has 0 N–H and O–H groups in total. The fraction of sp³-hybridized carbons (Fsp3) is 0.0308. The zero-order valence-electron chi connectivity index (χ0n) is 37.9. The second kappa shape index (κ2) is 19.5. The predicted octanol–water partition coefficient (Wildman–Crippen LogP) is 16.8. The standard InChI is InChI=1S/C65H46FN3/c66-56-34-36-58(49-29-31-52(32-30-49)64-17-7-10-38-68-64)62(44-56)55-41-46(20-19-45-21-23-51(24-22-45)63-16-6-9-37-67-63)40-54(42-55)57-14-4-5-15-59(57)60-35-33-53(65-18-8-11-39-69-65)43-61(60)50-27-25-48(26-28-50)47-12-2-1-3-13-47/h1-18,21-44H,19-20H2. The summed E-state index contributed by atoms with van der Waals surface area (Å²) in [5, 5.41) is 0. The molecule has 0 spiro atoms. The summed E-state index contributed by atoms with van der Waals surface area (Å²) < 4.78 is 15.6. The first-order valence-electron chi connectivity index (χ1n) is 23.4. The van der Waals surface area contributed by atoms with Crippen molar-refractivity contribution in [2.24, 2.45) is 0 Å². The Morgan fingerprint density at radius 3 is 1.29 bits per heavy atom. The third kappa shape index (κ3) is 9.42. The van der Waals surface area contributed by atoms with Gasteiger partial charge in [-0.3, -0.25) is 15.0 Å². The second-order valence-electron chi connectivity index (χ2n) is 17.3. The van der Waals surface area contributed by atoms with Gasteiger partial charge in [-0.2, -0.15) is 0 Å². The number of benzene rings is 8. The van der Waals surface area contributed by atoms with Crippen LogP contribution in [0.25, 0.3) is 101 Å². The van der Waals surface area contributed by atoms with Gasteiger partial charge in [0, 0.05) is 35.3 Å². The summed E-state index contributed by atoms with van der Waals surface area (Å²) in [6, 6.07) is 81.7. The third-order valence-corrected chi connectivity index (χ3v) is 12.9. The average molecular weight is 888 g/mol. The van der Waals surface area contributed by atoms with Gasteiger partial charge in [0.05, 0.1) is 17.1 Å². The van der Waals surface area contributed by atoms with E-state index >= 15 is 4.39 Å².